The normalized spacial score (nSPS) is 21.9. The Morgan fingerprint density at radius 1 is 1.32 bits per heavy atom. The van der Waals surface area contributed by atoms with Gasteiger partial charge in [0.25, 0.3) is 5.69 Å². The molecule has 0 spiro atoms. The highest BCUT2D eigenvalue weighted by molar-refractivity contribution is 7.17. The summed E-state index contributed by atoms with van der Waals surface area (Å²) in [5.74, 6) is -1.39. The second-order valence-electron chi connectivity index (χ2n) is 5.78. The van der Waals surface area contributed by atoms with Crippen LogP contribution in [-0.4, -0.2) is 61.0 Å². The number of hydrogen-bond donors (Lipinski definition) is 5. The monoisotopic (exact) mass is 409 g/mol. The summed E-state index contributed by atoms with van der Waals surface area (Å²) in [5.41, 5.74) is 0.0925. The Morgan fingerprint density at radius 2 is 2.00 bits per heavy atom. The standard InChI is InChI=1S/C16H15N3O8S/c20-6-9-12(22)13(23)14(24)15(27-9)18-16-17-5-10(28-16)11(21)7-1-3-8(4-2-7)19(25)26/h1-5,9,12-13,20,22-24H,6H2,(H,17,18). The molecule has 3 atom stereocenters. The zero-order chi connectivity index (χ0) is 20.4. The van der Waals surface area contributed by atoms with E-state index in [9.17, 15) is 35.3 Å². The zero-order valence-electron chi connectivity index (χ0n) is 14.1. The van der Waals surface area contributed by atoms with Crippen molar-refractivity contribution in [3.8, 4) is 0 Å². The molecule has 148 valence electrons. The summed E-state index contributed by atoms with van der Waals surface area (Å²) in [6.07, 6.45) is -3.05. The van der Waals surface area contributed by atoms with Gasteiger partial charge in [-0.25, -0.2) is 4.98 Å². The molecule has 0 saturated heterocycles. The third-order valence-corrected chi connectivity index (χ3v) is 4.87. The number of carbonyl (C=O) groups is 1. The summed E-state index contributed by atoms with van der Waals surface area (Å²) in [6.45, 7) is -0.599. The molecule has 1 aliphatic heterocycles. The molecule has 0 saturated carbocycles. The van der Waals surface area contributed by atoms with Crippen molar-refractivity contribution < 1.29 is 34.9 Å². The molecule has 0 radical (unpaired) electrons. The van der Waals surface area contributed by atoms with Gasteiger partial charge in [-0.2, -0.15) is 0 Å². The predicted molar refractivity (Wildman–Crippen MR) is 95.9 cm³/mol. The van der Waals surface area contributed by atoms with Crippen LogP contribution in [0.3, 0.4) is 0 Å². The number of rotatable bonds is 6. The zero-order valence-corrected chi connectivity index (χ0v) is 14.9. The Kier molecular flexibility index (Phi) is 5.56. The molecule has 1 aromatic carbocycles. The highest BCUT2D eigenvalue weighted by atomic mass is 32.1. The Hall–Kier alpha value is -3.06. The van der Waals surface area contributed by atoms with Crippen molar-refractivity contribution in [3.05, 3.63) is 62.7 Å². The van der Waals surface area contributed by atoms with Crippen LogP contribution < -0.4 is 5.32 Å². The van der Waals surface area contributed by atoms with Gasteiger partial charge in [0.1, 0.15) is 12.2 Å². The van der Waals surface area contributed by atoms with Crippen LogP contribution in [0.2, 0.25) is 0 Å². The summed E-state index contributed by atoms with van der Waals surface area (Å²) in [4.78, 5) is 26.8. The number of aliphatic hydroxyl groups is 4. The Bertz CT molecular complexity index is 926. The second kappa shape index (κ2) is 7.90. The van der Waals surface area contributed by atoms with E-state index in [0.717, 1.165) is 11.3 Å². The van der Waals surface area contributed by atoms with Gasteiger partial charge in [-0.15, -0.1) is 0 Å². The van der Waals surface area contributed by atoms with Gasteiger partial charge in [0.05, 0.1) is 22.6 Å². The van der Waals surface area contributed by atoms with Crippen LogP contribution >= 0.6 is 11.3 Å². The number of nitrogens with zero attached hydrogens (tertiary/aromatic N) is 2. The summed E-state index contributed by atoms with van der Waals surface area (Å²) in [6, 6.07) is 5.09. The SMILES string of the molecule is O=C(c1ccc([N+](=O)[O-])cc1)c1cnc(NC2=C(O)C(O)C(O)C(CO)O2)s1. The maximum atomic E-state index is 12.5. The largest absolute Gasteiger partial charge is 0.505 e. The highest BCUT2D eigenvalue weighted by Gasteiger charge is 2.38. The van der Waals surface area contributed by atoms with Crippen molar-refractivity contribution in [1.29, 1.82) is 0 Å². The summed E-state index contributed by atoms with van der Waals surface area (Å²) in [5, 5.41) is 52.0. The summed E-state index contributed by atoms with van der Waals surface area (Å²) >= 11 is 0.915. The van der Waals surface area contributed by atoms with Crippen LogP contribution in [0.4, 0.5) is 10.8 Å². The molecule has 0 fully saturated rings. The van der Waals surface area contributed by atoms with E-state index >= 15 is 0 Å². The molecule has 2 heterocycles. The molecule has 11 nitrogen and oxygen atoms in total. The second-order valence-corrected chi connectivity index (χ2v) is 6.81. The van der Waals surface area contributed by atoms with Crippen LogP contribution in [0.5, 0.6) is 0 Å². The third-order valence-electron chi connectivity index (χ3n) is 3.96. The average molecular weight is 409 g/mol. The number of carbonyl (C=O) groups excluding carboxylic acids is 1. The Morgan fingerprint density at radius 3 is 2.61 bits per heavy atom. The van der Waals surface area contributed by atoms with Gasteiger partial charge in [0, 0.05) is 17.7 Å². The lowest BCUT2D eigenvalue weighted by Gasteiger charge is -2.32. The number of thiazole rings is 1. The molecule has 1 aromatic heterocycles. The quantitative estimate of drug-likeness (QED) is 0.257. The van der Waals surface area contributed by atoms with Gasteiger partial charge in [0.15, 0.2) is 17.0 Å². The number of benzene rings is 1. The lowest BCUT2D eigenvalue weighted by Crippen LogP contribution is -2.47. The van der Waals surface area contributed by atoms with Gasteiger partial charge >= 0.3 is 0 Å². The van der Waals surface area contributed by atoms with Gasteiger partial charge in [-0.05, 0) is 12.1 Å². The number of hydrogen-bond acceptors (Lipinski definition) is 11. The van der Waals surface area contributed by atoms with Crippen LogP contribution in [-0.2, 0) is 4.74 Å². The lowest BCUT2D eigenvalue weighted by molar-refractivity contribution is -0.384. The van der Waals surface area contributed by atoms with Crippen LogP contribution in [0.1, 0.15) is 15.2 Å². The number of nitrogens with one attached hydrogen (secondary N) is 1. The maximum Gasteiger partial charge on any atom is 0.269 e. The first-order valence-electron chi connectivity index (χ1n) is 7.90. The Labute approximate surface area is 161 Å². The van der Waals surface area contributed by atoms with Gasteiger partial charge in [-0.1, -0.05) is 11.3 Å². The Balaban J connectivity index is 1.77. The van der Waals surface area contributed by atoms with E-state index < -0.39 is 41.4 Å². The van der Waals surface area contributed by atoms with Crippen LogP contribution in [0, 0.1) is 10.1 Å². The minimum Gasteiger partial charge on any atom is -0.505 e. The third kappa shape index (κ3) is 3.80. The number of aromatic nitrogens is 1. The van der Waals surface area contributed by atoms with E-state index in [1.54, 1.807) is 0 Å². The fourth-order valence-electron chi connectivity index (χ4n) is 2.43. The van der Waals surface area contributed by atoms with Crippen molar-refractivity contribution in [2.75, 3.05) is 11.9 Å². The van der Waals surface area contributed by atoms with E-state index in [2.05, 4.69) is 10.3 Å². The first-order chi connectivity index (χ1) is 13.3. The lowest BCUT2D eigenvalue weighted by atomic mass is 10.0. The van der Waals surface area contributed by atoms with Crippen molar-refractivity contribution >= 4 is 27.9 Å². The molecule has 3 unspecified atom stereocenters. The minimum absolute atomic E-state index is 0.140. The number of non-ortho nitro benzene ring substituents is 1. The molecule has 0 aliphatic carbocycles. The smallest absolute Gasteiger partial charge is 0.269 e. The molecule has 12 heteroatoms. The average Bonchev–Trinajstić information content (AvgIpc) is 3.16. The predicted octanol–water partition coefficient (Wildman–Crippen LogP) is 0.534. The minimum atomic E-state index is -1.66. The highest BCUT2D eigenvalue weighted by Crippen LogP contribution is 2.28. The van der Waals surface area contributed by atoms with Crippen molar-refractivity contribution in [3.63, 3.8) is 0 Å². The molecular formula is C16H15N3O8S. The maximum absolute atomic E-state index is 12.5. The number of nitro benzene ring substituents is 1. The van der Waals surface area contributed by atoms with Crippen molar-refractivity contribution in [2.24, 2.45) is 0 Å². The van der Waals surface area contributed by atoms with Gasteiger partial charge in [0.2, 0.25) is 11.7 Å². The van der Waals surface area contributed by atoms with E-state index in [0.29, 0.717) is 0 Å². The van der Waals surface area contributed by atoms with Crippen LogP contribution in [0.25, 0.3) is 0 Å². The molecule has 28 heavy (non-hydrogen) atoms. The van der Waals surface area contributed by atoms with Crippen molar-refractivity contribution in [1.82, 2.24) is 4.98 Å². The number of aliphatic hydroxyl groups excluding tert-OH is 4. The fraction of sp³-hybridized carbons (Fsp3) is 0.250. The molecule has 3 rings (SSSR count). The van der Waals surface area contributed by atoms with E-state index in [4.69, 9.17) is 4.74 Å². The van der Waals surface area contributed by atoms with E-state index in [-0.39, 0.29) is 27.1 Å². The molecule has 0 amide bonds. The number of ether oxygens (including phenoxy) is 1. The molecular weight excluding hydrogens is 394 g/mol. The molecule has 0 bridgehead atoms. The number of ketones is 1. The van der Waals surface area contributed by atoms with Crippen LogP contribution in [0.15, 0.2) is 42.1 Å². The fourth-order valence-corrected chi connectivity index (χ4v) is 3.20. The van der Waals surface area contributed by atoms with Gasteiger partial charge < -0.3 is 25.2 Å². The van der Waals surface area contributed by atoms with Gasteiger partial charge in [-0.3, -0.25) is 20.2 Å². The first-order valence-corrected chi connectivity index (χ1v) is 8.72. The molecule has 5 N–H and O–H groups in total. The number of nitro groups is 1. The first kappa shape index (κ1) is 19.7. The number of anilines is 1. The van der Waals surface area contributed by atoms with E-state index in [1.807, 2.05) is 0 Å². The topological polar surface area (TPSA) is 175 Å². The molecule has 1 aliphatic rings. The molecule has 2 aromatic rings. The summed E-state index contributed by atoms with van der Waals surface area (Å²) in [7, 11) is 0. The summed E-state index contributed by atoms with van der Waals surface area (Å²) < 4.78 is 5.20. The van der Waals surface area contributed by atoms with E-state index in [1.165, 1.54) is 30.5 Å². The van der Waals surface area contributed by atoms with Crippen molar-refractivity contribution in [2.45, 2.75) is 18.3 Å².